The fourth-order valence-electron chi connectivity index (χ4n) is 2.52. The van der Waals surface area contributed by atoms with Crippen LogP contribution in [0.3, 0.4) is 0 Å². The molecule has 0 spiro atoms. The predicted molar refractivity (Wildman–Crippen MR) is 77.7 cm³/mol. The van der Waals surface area contributed by atoms with E-state index in [1.807, 2.05) is 6.92 Å². The van der Waals surface area contributed by atoms with Crippen LogP contribution in [-0.2, 0) is 16.0 Å². The third-order valence-corrected chi connectivity index (χ3v) is 4.45. The van der Waals surface area contributed by atoms with Crippen LogP contribution in [0.5, 0.6) is 0 Å². The molecule has 1 unspecified atom stereocenters. The molecule has 0 radical (unpaired) electrons. The first-order valence-corrected chi connectivity index (χ1v) is 7.99. The number of ether oxygens (including phenoxy) is 1. The number of hydrogen-bond donors (Lipinski definition) is 0. The quantitative estimate of drug-likeness (QED) is 0.752. The lowest BCUT2D eigenvalue weighted by Crippen LogP contribution is -2.28. The van der Waals surface area contributed by atoms with Gasteiger partial charge in [0.1, 0.15) is 0 Å². The number of aromatic nitrogens is 1. The fourth-order valence-corrected chi connectivity index (χ4v) is 3.48. The summed E-state index contributed by atoms with van der Waals surface area (Å²) in [4.78, 5) is 18.4. The molecule has 0 saturated carbocycles. The maximum absolute atomic E-state index is 11.3. The van der Waals surface area contributed by atoms with Crippen molar-refractivity contribution < 1.29 is 9.53 Å². The van der Waals surface area contributed by atoms with Crippen LogP contribution in [-0.4, -0.2) is 30.1 Å². The molecule has 1 aliphatic heterocycles. The Kier molecular flexibility index (Phi) is 5.19. The Morgan fingerprint density at radius 1 is 1.58 bits per heavy atom. The van der Waals surface area contributed by atoms with Crippen molar-refractivity contribution in [3.63, 3.8) is 0 Å². The van der Waals surface area contributed by atoms with Gasteiger partial charge in [-0.2, -0.15) is 0 Å². The SMILES string of the molecule is CCOC(=O)CCc1csc(N2CCCC2CC)n1. The normalized spacial score (nSPS) is 18.8. The molecule has 1 aromatic heterocycles. The molecule has 1 saturated heterocycles. The summed E-state index contributed by atoms with van der Waals surface area (Å²) in [6.45, 7) is 5.63. The summed E-state index contributed by atoms with van der Waals surface area (Å²) in [6, 6.07) is 0.643. The van der Waals surface area contributed by atoms with Crippen molar-refractivity contribution in [2.75, 3.05) is 18.1 Å². The Morgan fingerprint density at radius 3 is 3.16 bits per heavy atom. The summed E-state index contributed by atoms with van der Waals surface area (Å²) < 4.78 is 4.93. The number of aryl methyl sites for hydroxylation is 1. The Hall–Kier alpha value is -1.10. The van der Waals surface area contributed by atoms with Gasteiger partial charge in [0.05, 0.1) is 18.7 Å². The average molecular weight is 282 g/mol. The maximum atomic E-state index is 11.3. The van der Waals surface area contributed by atoms with E-state index in [-0.39, 0.29) is 5.97 Å². The van der Waals surface area contributed by atoms with Crippen LogP contribution < -0.4 is 4.90 Å². The van der Waals surface area contributed by atoms with E-state index in [1.54, 1.807) is 11.3 Å². The fraction of sp³-hybridized carbons (Fsp3) is 0.714. The highest BCUT2D eigenvalue weighted by atomic mass is 32.1. The topological polar surface area (TPSA) is 42.4 Å². The van der Waals surface area contributed by atoms with Gasteiger partial charge in [-0.1, -0.05) is 6.92 Å². The molecule has 1 aliphatic rings. The van der Waals surface area contributed by atoms with Gasteiger partial charge >= 0.3 is 5.97 Å². The van der Waals surface area contributed by atoms with Gasteiger partial charge in [0.15, 0.2) is 5.13 Å². The van der Waals surface area contributed by atoms with Crippen molar-refractivity contribution in [3.05, 3.63) is 11.1 Å². The minimum atomic E-state index is -0.135. The second-order valence-corrected chi connectivity index (χ2v) is 5.66. The molecule has 1 aromatic rings. The largest absolute Gasteiger partial charge is 0.466 e. The Bertz CT molecular complexity index is 419. The Labute approximate surface area is 118 Å². The number of hydrogen-bond acceptors (Lipinski definition) is 5. The lowest BCUT2D eigenvalue weighted by molar-refractivity contribution is -0.143. The lowest BCUT2D eigenvalue weighted by atomic mass is 10.2. The summed E-state index contributed by atoms with van der Waals surface area (Å²) in [5, 5.41) is 3.18. The highest BCUT2D eigenvalue weighted by molar-refractivity contribution is 7.13. The van der Waals surface area contributed by atoms with Gasteiger partial charge in [0, 0.05) is 24.4 Å². The van der Waals surface area contributed by atoms with Gasteiger partial charge in [0.2, 0.25) is 0 Å². The number of carbonyl (C=O) groups excluding carboxylic acids is 1. The summed E-state index contributed by atoms with van der Waals surface area (Å²) >= 11 is 1.69. The molecular formula is C14H22N2O2S. The van der Waals surface area contributed by atoms with Crippen LogP contribution in [0.25, 0.3) is 0 Å². The summed E-state index contributed by atoms with van der Waals surface area (Å²) in [5.41, 5.74) is 1.01. The summed E-state index contributed by atoms with van der Waals surface area (Å²) in [7, 11) is 0. The Morgan fingerprint density at radius 2 is 2.42 bits per heavy atom. The first kappa shape index (κ1) is 14.3. The molecular weight excluding hydrogens is 260 g/mol. The first-order chi connectivity index (χ1) is 9.24. The zero-order chi connectivity index (χ0) is 13.7. The molecule has 2 heterocycles. The van der Waals surface area contributed by atoms with Crippen molar-refractivity contribution in [2.24, 2.45) is 0 Å². The van der Waals surface area contributed by atoms with Crippen LogP contribution in [0.15, 0.2) is 5.38 Å². The van der Waals surface area contributed by atoms with E-state index in [0.29, 0.717) is 25.5 Å². The number of nitrogens with zero attached hydrogens (tertiary/aromatic N) is 2. The molecule has 19 heavy (non-hydrogen) atoms. The Balaban J connectivity index is 1.90. The van der Waals surface area contributed by atoms with Gasteiger partial charge in [-0.3, -0.25) is 4.79 Å². The van der Waals surface area contributed by atoms with Crippen molar-refractivity contribution in [1.29, 1.82) is 0 Å². The lowest BCUT2D eigenvalue weighted by Gasteiger charge is -2.22. The first-order valence-electron chi connectivity index (χ1n) is 7.11. The monoisotopic (exact) mass is 282 g/mol. The zero-order valence-electron chi connectivity index (χ0n) is 11.7. The van der Waals surface area contributed by atoms with Crippen molar-refractivity contribution >= 4 is 22.4 Å². The van der Waals surface area contributed by atoms with E-state index < -0.39 is 0 Å². The van der Waals surface area contributed by atoms with Crippen LogP contribution in [0, 0.1) is 0 Å². The molecule has 106 valence electrons. The van der Waals surface area contributed by atoms with Crippen LogP contribution in [0.2, 0.25) is 0 Å². The van der Waals surface area contributed by atoms with Crippen molar-refractivity contribution in [3.8, 4) is 0 Å². The number of anilines is 1. The van der Waals surface area contributed by atoms with Gasteiger partial charge < -0.3 is 9.64 Å². The number of esters is 1. The molecule has 2 rings (SSSR count). The van der Waals surface area contributed by atoms with E-state index in [1.165, 1.54) is 19.3 Å². The molecule has 1 fully saturated rings. The van der Waals surface area contributed by atoms with E-state index in [0.717, 1.165) is 17.4 Å². The zero-order valence-corrected chi connectivity index (χ0v) is 12.5. The second kappa shape index (κ2) is 6.89. The molecule has 0 bridgehead atoms. The summed E-state index contributed by atoms with van der Waals surface area (Å²) in [6.07, 6.45) is 4.82. The molecule has 4 nitrogen and oxygen atoms in total. The van der Waals surface area contributed by atoms with Gasteiger partial charge in [-0.25, -0.2) is 4.98 Å². The highest BCUT2D eigenvalue weighted by Crippen LogP contribution is 2.30. The van der Waals surface area contributed by atoms with Crippen LogP contribution in [0.1, 0.15) is 45.2 Å². The average Bonchev–Trinajstić information content (AvgIpc) is 3.05. The number of rotatable bonds is 6. The smallest absolute Gasteiger partial charge is 0.306 e. The third-order valence-electron chi connectivity index (χ3n) is 3.52. The standard InChI is InChI=1S/C14H22N2O2S/c1-3-12-6-5-9-16(12)14-15-11(10-19-14)7-8-13(17)18-4-2/h10,12H,3-9H2,1-2H3. The van der Waals surface area contributed by atoms with E-state index in [9.17, 15) is 4.79 Å². The van der Waals surface area contributed by atoms with E-state index in [2.05, 4.69) is 22.2 Å². The van der Waals surface area contributed by atoms with Crippen molar-refractivity contribution in [2.45, 2.75) is 52.0 Å². The van der Waals surface area contributed by atoms with Gasteiger partial charge in [-0.15, -0.1) is 11.3 Å². The van der Waals surface area contributed by atoms with Crippen LogP contribution in [0.4, 0.5) is 5.13 Å². The number of thiazole rings is 1. The van der Waals surface area contributed by atoms with E-state index in [4.69, 9.17) is 4.74 Å². The molecule has 1 atom stereocenters. The molecule has 0 aliphatic carbocycles. The molecule has 0 amide bonds. The number of carbonyl (C=O) groups is 1. The van der Waals surface area contributed by atoms with Crippen molar-refractivity contribution in [1.82, 2.24) is 4.98 Å². The third kappa shape index (κ3) is 3.69. The minimum Gasteiger partial charge on any atom is -0.466 e. The highest BCUT2D eigenvalue weighted by Gasteiger charge is 2.25. The van der Waals surface area contributed by atoms with Crippen LogP contribution >= 0.6 is 11.3 Å². The second-order valence-electron chi connectivity index (χ2n) is 4.82. The maximum Gasteiger partial charge on any atom is 0.306 e. The predicted octanol–water partition coefficient (Wildman–Crippen LogP) is 3.02. The summed E-state index contributed by atoms with van der Waals surface area (Å²) in [5.74, 6) is -0.135. The minimum absolute atomic E-state index is 0.135. The van der Waals surface area contributed by atoms with E-state index >= 15 is 0 Å². The molecule has 0 N–H and O–H groups in total. The van der Waals surface area contributed by atoms with Gasteiger partial charge in [-0.05, 0) is 26.2 Å². The molecule has 5 heteroatoms. The molecule has 0 aromatic carbocycles. The van der Waals surface area contributed by atoms with Gasteiger partial charge in [0.25, 0.3) is 0 Å².